The van der Waals surface area contributed by atoms with Gasteiger partial charge in [0.25, 0.3) is 21.3 Å². The number of rotatable bonds is 10. The Bertz CT molecular complexity index is 2440. The molecule has 244 valence electrons. The van der Waals surface area contributed by atoms with E-state index in [0.717, 1.165) is 21.4 Å². The Morgan fingerprint density at radius 2 is 1.88 bits per heavy atom. The van der Waals surface area contributed by atoms with Crippen molar-refractivity contribution in [2.75, 3.05) is 13.2 Å². The zero-order chi connectivity index (χ0) is 34.2. The monoisotopic (exact) mass is 684 g/mol. The lowest BCUT2D eigenvalue weighted by Crippen LogP contribution is -2.39. The van der Waals surface area contributed by atoms with Gasteiger partial charge in [-0.25, -0.2) is 22.2 Å². The molecule has 3 aromatic carbocycles. The summed E-state index contributed by atoms with van der Waals surface area (Å²) in [7, 11) is -4.27. The highest BCUT2D eigenvalue weighted by Gasteiger charge is 2.33. The Morgan fingerprint density at radius 3 is 2.58 bits per heavy atom. The van der Waals surface area contributed by atoms with Crippen molar-refractivity contribution in [1.82, 2.24) is 8.54 Å². The molecular formula is C34H28N4O8S2. The molecule has 0 saturated carbocycles. The summed E-state index contributed by atoms with van der Waals surface area (Å²) in [5, 5.41) is 11.9. The van der Waals surface area contributed by atoms with Gasteiger partial charge in [-0.2, -0.15) is 0 Å². The molecule has 12 nitrogen and oxygen atoms in total. The summed E-state index contributed by atoms with van der Waals surface area (Å²) in [6, 6.07) is 17.7. The summed E-state index contributed by atoms with van der Waals surface area (Å²) in [5.74, 6) is -0.0136. The molecule has 14 heteroatoms. The van der Waals surface area contributed by atoms with Gasteiger partial charge in [0.1, 0.15) is 12.4 Å². The average Bonchev–Trinajstić information content (AvgIpc) is 3.60. The summed E-state index contributed by atoms with van der Waals surface area (Å²) in [6.07, 6.45) is 4.58. The lowest BCUT2D eigenvalue weighted by atomic mass is 9.96. The molecule has 0 amide bonds. The lowest BCUT2D eigenvalue weighted by Gasteiger charge is -2.24. The minimum absolute atomic E-state index is 0.129. The predicted molar refractivity (Wildman–Crippen MR) is 180 cm³/mol. The van der Waals surface area contributed by atoms with Crippen LogP contribution in [0.25, 0.3) is 17.0 Å². The van der Waals surface area contributed by atoms with Crippen molar-refractivity contribution < 1.29 is 27.6 Å². The Morgan fingerprint density at radius 1 is 1.12 bits per heavy atom. The van der Waals surface area contributed by atoms with Gasteiger partial charge in [0.15, 0.2) is 4.80 Å². The van der Waals surface area contributed by atoms with Gasteiger partial charge in [-0.15, -0.1) is 0 Å². The van der Waals surface area contributed by atoms with Crippen LogP contribution in [0.4, 0.5) is 5.69 Å². The van der Waals surface area contributed by atoms with Crippen LogP contribution in [0.2, 0.25) is 0 Å². The molecule has 2 aromatic heterocycles. The van der Waals surface area contributed by atoms with Crippen molar-refractivity contribution >= 4 is 50.0 Å². The number of fused-ring (bicyclic) bond motifs is 2. The van der Waals surface area contributed by atoms with E-state index in [9.17, 15) is 28.1 Å². The Balaban J connectivity index is 1.52. The molecule has 5 aromatic rings. The van der Waals surface area contributed by atoms with E-state index in [0.29, 0.717) is 44.9 Å². The summed E-state index contributed by atoms with van der Waals surface area (Å²) < 4.78 is 41.3. The third kappa shape index (κ3) is 5.75. The number of allylic oxidation sites excluding steroid dienone is 1. The van der Waals surface area contributed by atoms with E-state index in [1.807, 2.05) is 0 Å². The molecule has 0 spiro atoms. The van der Waals surface area contributed by atoms with Crippen LogP contribution in [-0.2, 0) is 19.6 Å². The van der Waals surface area contributed by atoms with Crippen LogP contribution >= 0.6 is 11.3 Å². The van der Waals surface area contributed by atoms with Gasteiger partial charge in [0, 0.05) is 29.3 Å². The zero-order valence-corrected chi connectivity index (χ0v) is 27.4. The van der Waals surface area contributed by atoms with Crippen molar-refractivity contribution in [2.24, 2.45) is 4.99 Å². The van der Waals surface area contributed by atoms with Crippen molar-refractivity contribution in [3.63, 3.8) is 0 Å². The van der Waals surface area contributed by atoms with Gasteiger partial charge in [-0.3, -0.25) is 19.5 Å². The molecule has 0 aliphatic carbocycles. The van der Waals surface area contributed by atoms with E-state index in [1.54, 1.807) is 74.5 Å². The highest BCUT2D eigenvalue weighted by Crippen LogP contribution is 2.32. The van der Waals surface area contributed by atoms with Crippen LogP contribution in [0.5, 0.6) is 5.75 Å². The lowest BCUT2D eigenvalue weighted by molar-refractivity contribution is -0.385. The normalized spacial score (nSPS) is 14.8. The first-order valence-corrected chi connectivity index (χ1v) is 16.9. The number of nitro benzene ring substituents is 1. The molecule has 1 atom stereocenters. The molecule has 0 N–H and O–H groups in total. The molecule has 0 saturated heterocycles. The van der Waals surface area contributed by atoms with E-state index in [1.165, 1.54) is 29.0 Å². The first-order valence-electron chi connectivity index (χ1n) is 14.7. The maximum absolute atomic E-state index is 14.2. The number of carbonyl (C=O) groups excluding carboxylic acids is 1. The standard InChI is InChI=1S/C34H28N4O8S2/c1-4-17-46-25-15-13-22(14-16-25)31-30(33(40)45-5-2)21(3)35-34-37(31)32(39)29(47-34)18-23-20-36(28-12-7-6-11-27(23)28)48(43,44)26-10-8-9-24(19-26)38(41)42/h4,6-16,18-20,31H,1,5,17H2,2-3H3/b29-18-/t31-/m1/s1. The number of thiazole rings is 1. The predicted octanol–water partition coefficient (Wildman–Crippen LogP) is 4.46. The van der Waals surface area contributed by atoms with Crippen LogP contribution < -0.4 is 19.6 Å². The van der Waals surface area contributed by atoms with E-state index >= 15 is 0 Å². The van der Waals surface area contributed by atoms with Gasteiger partial charge in [0.05, 0.1) is 43.8 Å². The number of nitro groups is 1. The number of hydrogen-bond acceptors (Lipinski definition) is 10. The SMILES string of the molecule is C=CCOc1ccc([C@@H]2C(C(=O)OCC)=C(C)N=c3s/c(=C\c4cn(S(=O)(=O)c5cccc([N+](=O)[O-])c5)c5ccccc45)c(=O)n32)cc1. The maximum atomic E-state index is 14.2. The van der Waals surface area contributed by atoms with E-state index in [2.05, 4.69) is 11.6 Å². The van der Waals surface area contributed by atoms with Gasteiger partial charge < -0.3 is 9.47 Å². The van der Waals surface area contributed by atoms with Crippen LogP contribution in [0.15, 0.2) is 118 Å². The highest BCUT2D eigenvalue weighted by atomic mass is 32.2. The smallest absolute Gasteiger partial charge is 0.338 e. The van der Waals surface area contributed by atoms with E-state index in [4.69, 9.17) is 9.47 Å². The van der Waals surface area contributed by atoms with Crippen LogP contribution in [0.3, 0.4) is 0 Å². The minimum atomic E-state index is -4.27. The largest absolute Gasteiger partial charge is 0.490 e. The van der Waals surface area contributed by atoms with Crippen molar-refractivity contribution in [1.29, 1.82) is 0 Å². The molecule has 0 bridgehead atoms. The number of nitrogens with zero attached hydrogens (tertiary/aromatic N) is 4. The number of non-ortho nitro benzene ring substituents is 1. The first-order chi connectivity index (χ1) is 23.0. The number of aromatic nitrogens is 2. The van der Waals surface area contributed by atoms with Crippen LogP contribution in [0, 0.1) is 10.1 Å². The summed E-state index contributed by atoms with van der Waals surface area (Å²) in [5.41, 5.74) is 1.19. The van der Waals surface area contributed by atoms with Gasteiger partial charge in [-0.1, -0.05) is 60.4 Å². The fraction of sp³-hybridized carbons (Fsp3) is 0.147. The molecule has 1 aliphatic rings. The second kappa shape index (κ2) is 12.9. The van der Waals surface area contributed by atoms with Gasteiger partial charge in [0.2, 0.25) is 0 Å². The molecule has 3 heterocycles. The third-order valence-corrected chi connectivity index (χ3v) is 10.3. The Hall–Kier alpha value is -5.60. The topological polar surface area (TPSA) is 152 Å². The van der Waals surface area contributed by atoms with Gasteiger partial charge in [-0.05, 0) is 49.8 Å². The molecule has 6 rings (SSSR count). The molecule has 48 heavy (non-hydrogen) atoms. The van der Waals surface area contributed by atoms with Gasteiger partial charge >= 0.3 is 5.97 Å². The van der Waals surface area contributed by atoms with Crippen molar-refractivity contribution in [3.05, 3.63) is 144 Å². The molecule has 1 aliphatic heterocycles. The second-order valence-corrected chi connectivity index (χ2v) is 13.5. The summed E-state index contributed by atoms with van der Waals surface area (Å²) in [4.78, 5) is 42.8. The Labute approximate surface area is 278 Å². The molecule has 0 radical (unpaired) electrons. The Kier molecular flexibility index (Phi) is 8.69. The maximum Gasteiger partial charge on any atom is 0.338 e. The number of esters is 1. The first kappa shape index (κ1) is 32.3. The average molecular weight is 685 g/mol. The highest BCUT2D eigenvalue weighted by molar-refractivity contribution is 7.90. The number of carbonyl (C=O) groups is 1. The summed E-state index contributed by atoms with van der Waals surface area (Å²) >= 11 is 1.10. The second-order valence-electron chi connectivity index (χ2n) is 10.6. The third-order valence-electron chi connectivity index (χ3n) is 7.66. The summed E-state index contributed by atoms with van der Waals surface area (Å²) in [6.45, 7) is 7.47. The van der Waals surface area contributed by atoms with Crippen molar-refractivity contribution in [3.8, 4) is 5.75 Å². The fourth-order valence-electron chi connectivity index (χ4n) is 5.51. The van der Waals surface area contributed by atoms with Crippen LogP contribution in [-0.4, -0.2) is 41.1 Å². The molecule has 0 fully saturated rings. The number of para-hydroxylation sites is 1. The van der Waals surface area contributed by atoms with Crippen molar-refractivity contribution in [2.45, 2.75) is 24.8 Å². The van der Waals surface area contributed by atoms with E-state index < -0.39 is 32.5 Å². The fourth-order valence-corrected chi connectivity index (χ4v) is 7.97. The number of hydrogen-bond donors (Lipinski definition) is 0. The quantitative estimate of drug-likeness (QED) is 0.0905. The zero-order valence-electron chi connectivity index (χ0n) is 25.7. The molecule has 0 unspecified atom stereocenters. The van der Waals surface area contributed by atoms with E-state index in [-0.39, 0.29) is 27.3 Å². The minimum Gasteiger partial charge on any atom is -0.490 e. The number of ether oxygens (including phenoxy) is 2. The molecular weight excluding hydrogens is 657 g/mol. The van der Waals surface area contributed by atoms with Crippen LogP contribution in [0.1, 0.15) is 31.0 Å². The number of benzene rings is 3.